The summed E-state index contributed by atoms with van der Waals surface area (Å²) >= 11 is 0. The quantitative estimate of drug-likeness (QED) is 0.406. The molecule has 0 N–H and O–H groups in total. The third kappa shape index (κ3) is 4.51. The molecule has 1 aliphatic heterocycles. The molecule has 0 aromatic heterocycles. The van der Waals surface area contributed by atoms with Crippen LogP contribution in [0.2, 0.25) is 0 Å². The van der Waals surface area contributed by atoms with E-state index in [-0.39, 0.29) is 0 Å². The Balaban J connectivity index is 2.68. The van der Waals surface area contributed by atoms with Crippen molar-refractivity contribution in [2.75, 3.05) is 47.1 Å². The molecule has 0 aromatic carbocycles. The van der Waals surface area contributed by atoms with Crippen LogP contribution < -0.4 is 0 Å². The van der Waals surface area contributed by atoms with Gasteiger partial charge in [-0.3, -0.25) is 0 Å². The highest BCUT2D eigenvalue weighted by molar-refractivity contribution is 5.29. The van der Waals surface area contributed by atoms with Gasteiger partial charge < -0.3 is 19.1 Å². The molecule has 17 heavy (non-hydrogen) atoms. The highest BCUT2D eigenvalue weighted by Crippen LogP contribution is 2.08. The smallest absolute Gasteiger partial charge is 0.121 e. The predicted octanol–water partition coefficient (Wildman–Crippen LogP) is 1.01. The van der Waals surface area contributed by atoms with Gasteiger partial charge in [-0.2, -0.15) is 0 Å². The van der Waals surface area contributed by atoms with Gasteiger partial charge in [0.1, 0.15) is 12.4 Å². The van der Waals surface area contributed by atoms with Crippen molar-refractivity contribution in [3.05, 3.63) is 23.6 Å². The van der Waals surface area contributed by atoms with Crippen molar-refractivity contribution in [2.24, 2.45) is 0 Å². The van der Waals surface area contributed by atoms with Gasteiger partial charge in [0.05, 0.1) is 26.0 Å². The second-order valence-corrected chi connectivity index (χ2v) is 3.57. The molecule has 4 heteroatoms. The Morgan fingerprint density at radius 2 is 2.06 bits per heavy atom. The van der Waals surface area contributed by atoms with Gasteiger partial charge in [-0.05, 0) is 12.2 Å². The number of hydrogen-bond acceptors (Lipinski definition) is 4. The number of hydrogen-bond donors (Lipinski definition) is 0. The highest BCUT2D eigenvalue weighted by Gasteiger charge is 2.11. The summed E-state index contributed by atoms with van der Waals surface area (Å²) in [5, 5.41) is 0. The first-order chi connectivity index (χ1) is 8.31. The molecule has 0 amide bonds. The SMILES string of the molecule is C#C/C(=C\C=C(/COC)OC)N1CCOCC1. The van der Waals surface area contributed by atoms with Crippen LogP contribution in [0.15, 0.2) is 23.6 Å². The maximum atomic E-state index is 5.50. The number of terminal acetylenes is 1. The fraction of sp³-hybridized carbons (Fsp3) is 0.538. The molecular weight excluding hydrogens is 218 g/mol. The monoisotopic (exact) mass is 237 g/mol. The Bertz CT molecular complexity index is 322. The van der Waals surface area contributed by atoms with Crippen LogP contribution in [0.3, 0.4) is 0 Å². The van der Waals surface area contributed by atoms with E-state index < -0.39 is 0 Å². The number of methoxy groups -OCH3 is 2. The van der Waals surface area contributed by atoms with Crippen molar-refractivity contribution in [3.63, 3.8) is 0 Å². The van der Waals surface area contributed by atoms with Crippen molar-refractivity contribution in [3.8, 4) is 12.3 Å². The minimum Gasteiger partial charge on any atom is -0.499 e. The van der Waals surface area contributed by atoms with Crippen LogP contribution in [0.4, 0.5) is 0 Å². The van der Waals surface area contributed by atoms with Crippen molar-refractivity contribution < 1.29 is 14.2 Å². The molecule has 0 aromatic rings. The lowest BCUT2D eigenvalue weighted by atomic mass is 10.3. The summed E-state index contributed by atoms with van der Waals surface area (Å²) in [6.07, 6.45) is 9.22. The van der Waals surface area contributed by atoms with Crippen LogP contribution >= 0.6 is 0 Å². The normalized spacial score (nSPS) is 17.8. The Morgan fingerprint density at radius 1 is 1.35 bits per heavy atom. The van der Waals surface area contributed by atoms with Gasteiger partial charge in [-0.25, -0.2) is 0 Å². The van der Waals surface area contributed by atoms with E-state index in [1.807, 2.05) is 12.2 Å². The third-order valence-corrected chi connectivity index (χ3v) is 2.48. The Hall–Kier alpha value is -1.44. The third-order valence-electron chi connectivity index (χ3n) is 2.48. The van der Waals surface area contributed by atoms with E-state index >= 15 is 0 Å². The summed E-state index contributed by atoms with van der Waals surface area (Å²) < 4.78 is 15.4. The highest BCUT2D eigenvalue weighted by atomic mass is 16.5. The average molecular weight is 237 g/mol. The molecule has 0 aliphatic carbocycles. The standard InChI is InChI=1S/C13H19NO3/c1-4-12(14-7-9-17-10-8-14)5-6-13(16-3)11-15-2/h1,5-6H,7-11H2,2-3H3/b12-5+,13-6+. The van der Waals surface area contributed by atoms with E-state index in [2.05, 4.69) is 10.8 Å². The van der Waals surface area contributed by atoms with Crippen LogP contribution in [0.1, 0.15) is 0 Å². The summed E-state index contributed by atoms with van der Waals surface area (Å²) in [6, 6.07) is 0. The predicted molar refractivity (Wildman–Crippen MR) is 66.3 cm³/mol. The summed E-state index contributed by atoms with van der Waals surface area (Å²) in [6.45, 7) is 3.54. The number of nitrogens with zero attached hydrogens (tertiary/aromatic N) is 1. The molecule has 1 saturated heterocycles. The van der Waals surface area contributed by atoms with Gasteiger partial charge >= 0.3 is 0 Å². The molecule has 0 spiro atoms. The van der Waals surface area contributed by atoms with Gasteiger partial charge in [0.15, 0.2) is 0 Å². The van der Waals surface area contributed by atoms with Gasteiger partial charge in [0.2, 0.25) is 0 Å². The first-order valence-corrected chi connectivity index (χ1v) is 5.55. The topological polar surface area (TPSA) is 30.9 Å². The number of ether oxygens (including phenoxy) is 3. The largest absolute Gasteiger partial charge is 0.499 e. The van der Waals surface area contributed by atoms with Crippen molar-refractivity contribution in [1.29, 1.82) is 0 Å². The zero-order chi connectivity index (χ0) is 12.5. The second-order valence-electron chi connectivity index (χ2n) is 3.57. The maximum absolute atomic E-state index is 5.50. The van der Waals surface area contributed by atoms with E-state index in [1.54, 1.807) is 14.2 Å². The number of morpholine rings is 1. The number of rotatable bonds is 5. The molecule has 0 saturated carbocycles. The summed E-state index contributed by atoms with van der Waals surface area (Å²) in [4.78, 5) is 2.13. The van der Waals surface area contributed by atoms with Crippen LogP contribution in [-0.2, 0) is 14.2 Å². The van der Waals surface area contributed by atoms with Crippen LogP contribution in [0.5, 0.6) is 0 Å². The lowest BCUT2D eigenvalue weighted by Crippen LogP contribution is -2.35. The fourth-order valence-electron chi connectivity index (χ4n) is 1.54. The van der Waals surface area contributed by atoms with Crippen molar-refractivity contribution in [1.82, 2.24) is 4.90 Å². The first-order valence-electron chi connectivity index (χ1n) is 5.55. The molecule has 0 unspecified atom stereocenters. The van der Waals surface area contributed by atoms with E-state index in [4.69, 9.17) is 20.6 Å². The van der Waals surface area contributed by atoms with Crippen LogP contribution in [-0.4, -0.2) is 52.0 Å². The molecule has 0 radical (unpaired) electrons. The Labute approximate surface area is 103 Å². The summed E-state index contributed by atoms with van der Waals surface area (Å²) in [7, 11) is 3.24. The molecule has 1 rings (SSSR count). The Kier molecular flexibility index (Phi) is 6.23. The number of allylic oxidation sites excluding steroid dienone is 3. The van der Waals surface area contributed by atoms with Crippen molar-refractivity contribution >= 4 is 0 Å². The molecule has 0 bridgehead atoms. The second kappa shape index (κ2) is 7.77. The van der Waals surface area contributed by atoms with E-state index in [1.165, 1.54) is 0 Å². The van der Waals surface area contributed by atoms with Crippen LogP contribution in [0.25, 0.3) is 0 Å². The average Bonchev–Trinajstić information content (AvgIpc) is 2.39. The van der Waals surface area contributed by atoms with Gasteiger partial charge in [0, 0.05) is 20.2 Å². The summed E-state index contributed by atoms with van der Waals surface area (Å²) in [5.74, 6) is 3.43. The molecule has 94 valence electrons. The fourth-order valence-corrected chi connectivity index (χ4v) is 1.54. The molecule has 1 fully saturated rings. The zero-order valence-corrected chi connectivity index (χ0v) is 10.4. The van der Waals surface area contributed by atoms with E-state index in [0.29, 0.717) is 6.61 Å². The van der Waals surface area contributed by atoms with E-state index in [9.17, 15) is 0 Å². The van der Waals surface area contributed by atoms with Gasteiger partial charge in [-0.1, -0.05) is 5.92 Å². The van der Waals surface area contributed by atoms with Gasteiger partial charge in [-0.15, -0.1) is 6.42 Å². The molecule has 1 heterocycles. The molecule has 4 nitrogen and oxygen atoms in total. The van der Waals surface area contributed by atoms with Gasteiger partial charge in [0.25, 0.3) is 0 Å². The maximum Gasteiger partial charge on any atom is 0.121 e. The first kappa shape index (κ1) is 13.6. The lowest BCUT2D eigenvalue weighted by Gasteiger charge is -2.28. The molecule has 1 aliphatic rings. The zero-order valence-electron chi connectivity index (χ0n) is 10.4. The minimum atomic E-state index is 0.438. The lowest BCUT2D eigenvalue weighted by molar-refractivity contribution is 0.0559. The minimum absolute atomic E-state index is 0.438. The van der Waals surface area contributed by atoms with Crippen LogP contribution in [0, 0.1) is 12.3 Å². The van der Waals surface area contributed by atoms with E-state index in [0.717, 1.165) is 37.8 Å². The Morgan fingerprint density at radius 3 is 2.59 bits per heavy atom. The molecule has 0 atom stereocenters. The molecular formula is C13H19NO3. The summed E-state index contributed by atoms with van der Waals surface area (Å²) in [5.41, 5.74) is 0.846. The van der Waals surface area contributed by atoms with Crippen molar-refractivity contribution in [2.45, 2.75) is 0 Å².